The number of carbonyl (C=O) groups is 2. The molecule has 0 rings (SSSR count). The molecule has 0 aromatic heterocycles. The standard InChI is InChI=1S/C16H30O7S.2Na.2H/c1-2-3-4-5-6-7-8-9-10-11-12-16(15(19)20,13-14(17)18)24(21,22)23;;;;/h2-13H2,1H3,(H,17,18)(H,19,20)(H,21,22,23);;;;/q;2*+1;2*-1. The molecule has 7 nitrogen and oxygen atoms in total. The van der Waals surface area contributed by atoms with Crippen LogP contribution in [0, 0.1) is 0 Å². The maximum Gasteiger partial charge on any atom is 1.00 e. The van der Waals surface area contributed by atoms with Gasteiger partial charge in [-0.25, -0.2) is 0 Å². The van der Waals surface area contributed by atoms with Crippen LogP contribution in [-0.2, 0) is 19.7 Å². The zero-order valence-corrected chi connectivity index (χ0v) is 21.2. The Morgan fingerprint density at radius 2 is 1.23 bits per heavy atom. The molecule has 0 heterocycles. The second-order valence-corrected chi connectivity index (χ2v) is 8.01. The molecular formula is C16H32Na2O7S. The second-order valence-electron chi connectivity index (χ2n) is 6.28. The van der Waals surface area contributed by atoms with E-state index in [1.165, 1.54) is 25.7 Å². The van der Waals surface area contributed by atoms with E-state index < -0.39 is 39.6 Å². The summed E-state index contributed by atoms with van der Waals surface area (Å²) in [5.74, 6) is -3.38. The topological polar surface area (TPSA) is 129 Å². The van der Waals surface area contributed by atoms with E-state index in [0.29, 0.717) is 6.42 Å². The van der Waals surface area contributed by atoms with Crippen LogP contribution in [0.15, 0.2) is 0 Å². The van der Waals surface area contributed by atoms with Crippen LogP contribution >= 0.6 is 0 Å². The molecule has 0 aliphatic carbocycles. The van der Waals surface area contributed by atoms with Crippen molar-refractivity contribution in [2.24, 2.45) is 0 Å². The molecule has 0 amide bonds. The third-order valence-corrected chi connectivity index (χ3v) is 5.77. The zero-order valence-electron chi connectivity index (χ0n) is 18.4. The van der Waals surface area contributed by atoms with Gasteiger partial charge in [0.25, 0.3) is 10.1 Å². The minimum Gasteiger partial charge on any atom is -1.00 e. The van der Waals surface area contributed by atoms with E-state index in [-0.39, 0.29) is 68.4 Å². The third kappa shape index (κ3) is 12.3. The Morgan fingerprint density at radius 1 is 0.846 bits per heavy atom. The van der Waals surface area contributed by atoms with Crippen LogP contribution in [0.5, 0.6) is 0 Å². The molecule has 0 spiro atoms. The SMILES string of the molecule is CCCCCCCCCCCCC(CC(=O)O)(C(=O)O)S(=O)(=O)O.[H-].[H-].[Na+].[Na+]. The van der Waals surface area contributed by atoms with Crippen molar-refractivity contribution in [3.63, 3.8) is 0 Å². The van der Waals surface area contributed by atoms with Crippen molar-refractivity contribution in [1.29, 1.82) is 0 Å². The summed E-state index contributed by atoms with van der Waals surface area (Å²) in [5, 5.41) is 17.9. The van der Waals surface area contributed by atoms with Gasteiger partial charge >= 0.3 is 71.1 Å². The van der Waals surface area contributed by atoms with Crippen LogP contribution in [0.25, 0.3) is 0 Å². The van der Waals surface area contributed by atoms with E-state index in [4.69, 9.17) is 10.2 Å². The summed E-state index contributed by atoms with van der Waals surface area (Å²) in [6.07, 6.45) is 8.27. The fourth-order valence-corrected chi connectivity index (χ4v) is 3.67. The predicted octanol–water partition coefficient (Wildman–Crippen LogP) is -2.28. The van der Waals surface area contributed by atoms with Crippen molar-refractivity contribution >= 4 is 22.1 Å². The Hall–Kier alpha value is 0.850. The van der Waals surface area contributed by atoms with E-state index in [1.54, 1.807) is 0 Å². The van der Waals surface area contributed by atoms with Gasteiger partial charge < -0.3 is 13.1 Å². The number of carboxylic acids is 2. The first-order valence-electron chi connectivity index (χ1n) is 8.59. The molecule has 0 fully saturated rings. The van der Waals surface area contributed by atoms with Gasteiger partial charge in [0, 0.05) is 0 Å². The maximum absolute atomic E-state index is 11.4. The van der Waals surface area contributed by atoms with E-state index in [0.717, 1.165) is 25.7 Å². The average Bonchev–Trinajstić information content (AvgIpc) is 2.46. The summed E-state index contributed by atoms with van der Waals surface area (Å²) in [6, 6.07) is 0. The molecule has 10 heteroatoms. The predicted molar refractivity (Wildman–Crippen MR) is 92.9 cm³/mol. The number of rotatable bonds is 15. The van der Waals surface area contributed by atoms with Gasteiger partial charge in [-0.05, 0) is 6.42 Å². The number of unbranched alkanes of at least 4 members (excludes halogenated alkanes) is 9. The first-order valence-corrected chi connectivity index (χ1v) is 10.0. The van der Waals surface area contributed by atoms with Gasteiger partial charge in [-0.3, -0.25) is 14.1 Å². The van der Waals surface area contributed by atoms with Crippen molar-refractivity contribution in [1.82, 2.24) is 0 Å². The molecule has 1 unspecified atom stereocenters. The van der Waals surface area contributed by atoms with Crippen molar-refractivity contribution in [2.75, 3.05) is 0 Å². The minimum absolute atomic E-state index is 0. The molecule has 0 aromatic rings. The van der Waals surface area contributed by atoms with E-state index in [9.17, 15) is 22.6 Å². The molecule has 0 radical (unpaired) electrons. The average molecular weight is 414 g/mol. The summed E-state index contributed by atoms with van der Waals surface area (Å²) in [5.41, 5.74) is 0. The molecule has 0 saturated heterocycles. The monoisotopic (exact) mass is 414 g/mol. The van der Waals surface area contributed by atoms with Gasteiger partial charge in [-0.2, -0.15) is 8.42 Å². The third-order valence-electron chi connectivity index (χ3n) is 4.25. The van der Waals surface area contributed by atoms with Crippen LogP contribution in [0.2, 0.25) is 0 Å². The van der Waals surface area contributed by atoms with E-state index >= 15 is 0 Å². The molecule has 3 N–H and O–H groups in total. The Morgan fingerprint density at radius 3 is 1.54 bits per heavy atom. The molecule has 0 aliphatic heterocycles. The summed E-state index contributed by atoms with van der Waals surface area (Å²) in [6.45, 7) is 2.16. The Balaban J connectivity index is -0.000000441. The van der Waals surface area contributed by atoms with Gasteiger partial charge in [-0.1, -0.05) is 71.1 Å². The molecule has 146 valence electrons. The quantitative estimate of drug-likeness (QED) is 0.156. The molecule has 0 aliphatic rings. The summed E-state index contributed by atoms with van der Waals surface area (Å²) in [7, 11) is -5.01. The van der Waals surface area contributed by atoms with Crippen LogP contribution in [0.1, 0.15) is 86.8 Å². The number of hydrogen-bond donors (Lipinski definition) is 3. The van der Waals surface area contributed by atoms with Crippen molar-refractivity contribution in [2.45, 2.75) is 88.7 Å². The van der Waals surface area contributed by atoms with Crippen molar-refractivity contribution in [3.8, 4) is 0 Å². The fraction of sp³-hybridized carbons (Fsp3) is 0.875. The largest absolute Gasteiger partial charge is 1.00 e. The Bertz CT molecular complexity index is 507. The number of aliphatic carboxylic acids is 2. The number of hydrogen-bond acceptors (Lipinski definition) is 4. The van der Waals surface area contributed by atoms with Crippen LogP contribution in [0.3, 0.4) is 0 Å². The molecule has 26 heavy (non-hydrogen) atoms. The zero-order chi connectivity index (χ0) is 18.6. The van der Waals surface area contributed by atoms with Gasteiger partial charge in [0.05, 0.1) is 6.42 Å². The smallest absolute Gasteiger partial charge is 1.00 e. The molecular weight excluding hydrogens is 382 g/mol. The molecule has 0 aromatic carbocycles. The molecule has 1 atom stereocenters. The van der Waals surface area contributed by atoms with Gasteiger partial charge in [-0.15, -0.1) is 0 Å². The van der Waals surface area contributed by atoms with Crippen LogP contribution in [0.4, 0.5) is 0 Å². The van der Waals surface area contributed by atoms with Crippen molar-refractivity contribution < 1.29 is 94.7 Å². The summed E-state index contributed by atoms with van der Waals surface area (Å²) >= 11 is 0. The van der Waals surface area contributed by atoms with Crippen LogP contribution in [-0.4, -0.2) is 39.9 Å². The van der Waals surface area contributed by atoms with Gasteiger partial charge in [0.15, 0.2) is 0 Å². The summed E-state index contributed by atoms with van der Waals surface area (Å²) < 4.78 is 29.4. The first-order chi connectivity index (χ1) is 11.2. The fourth-order valence-electron chi connectivity index (χ4n) is 2.74. The normalized spacial score (nSPS) is 13.2. The molecule has 0 saturated carbocycles. The Labute approximate surface area is 204 Å². The van der Waals surface area contributed by atoms with E-state index in [2.05, 4.69) is 6.92 Å². The molecule has 0 bridgehead atoms. The second kappa shape index (κ2) is 16.8. The van der Waals surface area contributed by atoms with Crippen molar-refractivity contribution in [3.05, 3.63) is 0 Å². The minimum atomic E-state index is -5.01. The number of carboxylic acid groups (broad SMARTS) is 2. The summed E-state index contributed by atoms with van der Waals surface area (Å²) in [4.78, 5) is 22.1. The van der Waals surface area contributed by atoms with Gasteiger partial charge in [0.2, 0.25) is 4.75 Å². The first kappa shape index (κ1) is 31.5. The van der Waals surface area contributed by atoms with E-state index in [1.807, 2.05) is 0 Å². The Kier molecular flexibility index (Phi) is 20.3. The maximum atomic E-state index is 11.4. The van der Waals surface area contributed by atoms with Gasteiger partial charge in [0.1, 0.15) is 0 Å². The van der Waals surface area contributed by atoms with Crippen LogP contribution < -0.4 is 59.1 Å².